The summed E-state index contributed by atoms with van der Waals surface area (Å²) in [6.45, 7) is 17.4. The van der Waals surface area contributed by atoms with Crippen molar-refractivity contribution in [3.8, 4) is 0 Å². The van der Waals surface area contributed by atoms with Crippen molar-refractivity contribution in [2.75, 3.05) is 0 Å². The van der Waals surface area contributed by atoms with Crippen LogP contribution in [0.1, 0.15) is 73.8 Å². The highest BCUT2D eigenvalue weighted by molar-refractivity contribution is 7.04. The second-order valence-corrected chi connectivity index (χ2v) is 9.94. The van der Waals surface area contributed by atoms with E-state index >= 15 is 0 Å². The third-order valence-electron chi connectivity index (χ3n) is 5.67. The summed E-state index contributed by atoms with van der Waals surface area (Å²) in [7, 11) is 0. The van der Waals surface area contributed by atoms with Crippen molar-refractivity contribution in [1.29, 1.82) is 0 Å². The van der Waals surface area contributed by atoms with E-state index in [2.05, 4.69) is 70.5 Å². The molecule has 4 heteroatoms. The van der Waals surface area contributed by atoms with Crippen LogP contribution in [0.5, 0.6) is 0 Å². The van der Waals surface area contributed by atoms with Gasteiger partial charge in [0.25, 0.3) is 5.91 Å². The lowest BCUT2D eigenvalue weighted by atomic mass is 10.0. The quantitative estimate of drug-likeness (QED) is 0.781. The number of unbranched alkanes of at least 4 members (excludes halogenated alkanes) is 1. The second kappa shape index (κ2) is 5.87. The molecule has 1 heterocycles. The molecule has 3 nitrogen and oxygen atoms in total. The first kappa shape index (κ1) is 18.4. The number of aryl methyl sites for hydroxylation is 1. The molecule has 0 aromatic carbocycles. The van der Waals surface area contributed by atoms with Crippen molar-refractivity contribution in [2.24, 2.45) is 21.7 Å². The second-order valence-electron chi connectivity index (χ2n) is 8.98. The lowest BCUT2D eigenvalue weighted by Crippen LogP contribution is -2.18. The van der Waals surface area contributed by atoms with Crippen LogP contribution in [0.15, 0.2) is 11.2 Å². The van der Waals surface area contributed by atoms with Gasteiger partial charge in [-0.25, -0.2) is 4.99 Å². The number of rotatable bonds is 4. The third-order valence-corrected chi connectivity index (χ3v) is 7.05. The Bertz CT molecular complexity index is 642. The smallest absolute Gasteiger partial charge is 0.251 e. The maximum absolute atomic E-state index is 12.7. The van der Waals surface area contributed by atoms with E-state index in [4.69, 9.17) is 0 Å². The summed E-state index contributed by atoms with van der Waals surface area (Å²) in [5.74, 6) is 0.0971. The van der Waals surface area contributed by atoms with Gasteiger partial charge in [-0.15, -0.1) is 0 Å². The lowest BCUT2D eigenvalue weighted by Gasteiger charge is -2.19. The predicted molar refractivity (Wildman–Crippen MR) is 97.5 cm³/mol. The average molecular weight is 337 g/mol. The molecule has 0 N–H and O–H groups in total. The van der Waals surface area contributed by atoms with Gasteiger partial charge in [0.2, 0.25) is 0 Å². The molecule has 0 atom stereocenters. The minimum Gasteiger partial charge on any atom is -0.298 e. The van der Waals surface area contributed by atoms with Crippen molar-refractivity contribution in [1.82, 2.24) is 3.96 Å². The molecule has 1 aliphatic rings. The molecule has 1 amide bonds. The fraction of sp³-hybridized carbons (Fsp3) is 0.789. The van der Waals surface area contributed by atoms with E-state index in [9.17, 15) is 4.79 Å². The highest BCUT2D eigenvalue weighted by Crippen LogP contribution is 2.68. The molecule has 1 aliphatic carbocycles. The number of aromatic nitrogens is 1. The van der Waals surface area contributed by atoms with Crippen LogP contribution < -0.4 is 4.67 Å². The average Bonchev–Trinajstić information content (AvgIpc) is 2.71. The van der Waals surface area contributed by atoms with Crippen molar-refractivity contribution < 1.29 is 4.79 Å². The highest BCUT2D eigenvalue weighted by Gasteiger charge is 2.68. The summed E-state index contributed by atoms with van der Waals surface area (Å²) in [5.41, 5.74) is 1.35. The molecule has 0 aliphatic heterocycles. The van der Waals surface area contributed by atoms with Crippen molar-refractivity contribution in [2.45, 2.75) is 80.2 Å². The van der Waals surface area contributed by atoms with Crippen molar-refractivity contribution >= 4 is 17.4 Å². The molecule has 0 saturated heterocycles. The van der Waals surface area contributed by atoms with Crippen LogP contribution >= 0.6 is 11.5 Å². The number of hydrogen-bond donors (Lipinski definition) is 0. The largest absolute Gasteiger partial charge is 0.298 e. The number of carbonyl (C=O) groups is 1. The maximum Gasteiger partial charge on any atom is 0.251 e. The molecular weight excluding hydrogens is 304 g/mol. The zero-order chi connectivity index (χ0) is 17.6. The Morgan fingerprint density at radius 1 is 1.26 bits per heavy atom. The Kier molecular flexibility index (Phi) is 4.71. The number of hydrogen-bond acceptors (Lipinski definition) is 2. The summed E-state index contributed by atoms with van der Waals surface area (Å²) in [6, 6.07) is 0. The van der Waals surface area contributed by atoms with Gasteiger partial charge in [-0.3, -0.25) is 8.75 Å². The van der Waals surface area contributed by atoms with Gasteiger partial charge in [-0.1, -0.05) is 41.0 Å². The van der Waals surface area contributed by atoms with E-state index < -0.39 is 0 Å². The minimum absolute atomic E-state index is 0.0283. The van der Waals surface area contributed by atoms with E-state index in [0.717, 1.165) is 23.9 Å². The minimum atomic E-state index is 0.0283. The SMILES string of the molecule is CCCCc1cn(C(C)(C)C)sc1=NC(=O)C1C(C)(C)C1(C)C. The molecule has 130 valence electrons. The number of amides is 1. The fourth-order valence-electron chi connectivity index (χ4n) is 3.31. The molecule has 1 fully saturated rings. The summed E-state index contributed by atoms with van der Waals surface area (Å²) >= 11 is 1.62. The van der Waals surface area contributed by atoms with Gasteiger partial charge in [0, 0.05) is 17.3 Å². The van der Waals surface area contributed by atoms with E-state index in [1.165, 1.54) is 5.56 Å². The molecule has 0 radical (unpaired) electrons. The summed E-state index contributed by atoms with van der Waals surface area (Å²) in [6.07, 6.45) is 5.48. The van der Waals surface area contributed by atoms with E-state index in [1.54, 1.807) is 11.5 Å². The molecule has 23 heavy (non-hydrogen) atoms. The van der Waals surface area contributed by atoms with Gasteiger partial charge in [-0.2, -0.15) is 0 Å². The van der Waals surface area contributed by atoms with Crippen LogP contribution in [0, 0.1) is 16.7 Å². The van der Waals surface area contributed by atoms with E-state index in [-0.39, 0.29) is 28.2 Å². The van der Waals surface area contributed by atoms with Crippen LogP contribution in [-0.4, -0.2) is 9.86 Å². The zero-order valence-electron chi connectivity index (χ0n) is 16.0. The Balaban J connectivity index is 2.37. The van der Waals surface area contributed by atoms with Crippen molar-refractivity contribution in [3.05, 3.63) is 16.4 Å². The maximum atomic E-state index is 12.7. The van der Waals surface area contributed by atoms with Gasteiger partial charge >= 0.3 is 0 Å². The Morgan fingerprint density at radius 2 is 1.83 bits per heavy atom. The first-order valence-electron chi connectivity index (χ1n) is 8.74. The number of nitrogens with zero attached hydrogens (tertiary/aromatic N) is 2. The van der Waals surface area contributed by atoms with Gasteiger partial charge < -0.3 is 0 Å². The van der Waals surface area contributed by atoms with Gasteiger partial charge in [-0.05, 0) is 56.0 Å². The van der Waals surface area contributed by atoms with Crippen LogP contribution in [0.25, 0.3) is 0 Å². The molecule has 2 rings (SSSR count). The van der Waals surface area contributed by atoms with Gasteiger partial charge in [0.15, 0.2) is 0 Å². The van der Waals surface area contributed by atoms with E-state index in [0.29, 0.717) is 0 Å². The summed E-state index contributed by atoms with van der Waals surface area (Å²) in [5, 5.41) is 0. The third kappa shape index (κ3) is 3.33. The molecular formula is C19H32N2OS. The zero-order valence-corrected chi connectivity index (χ0v) is 16.8. The molecule has 0 bridgehead atoms. The van der Waals surface area contributed by atoms with Crippen molar-refractivity contribution in [3.63, 3.8) is 0 Å². The molecule has 1 saturated carbocycles. The normalized spacial score (nSPS) is 20.8. The molecule has 1 aromatic heterocycles. The fourth-order valence-corrected chi connectivity index (χ4v) is 4.36. The number of carbonyl (C=O) groups excluding carboxylic acids is 1. The van der Waals surface area contributed by atoms with Gasteiger partial charge in [0.05, 0.1) is 5.92 Å². The van der Waals surface area contributed by atoms with Crippen LogP contribution in [0.2, 0.25) is 0 Å². The van der Waals surface area contributed by atoms with Gasteiger partial charge in [0.1, 0.15) is 4.67 Å². The monoisotopic (exact) mass is 336 g/mol. The lowest BCUT2D eigenvalue weighted by molar-refractivity contribution is -0.120. The van der Waals surface area contributed by atoms with E-state index in [1.807, 2.05) is 0 Å². The van der Waals surface area contributed by atoms with Crippen LogP contribution in [0.4, 0.5) is 0 Å². The molecule has 0 spiro atoms. The Morgan fingerprint density at radius 3 is 2.26 bits per heavy atom. The Hall–Kier alpha value is -0.900. The topological polar surface area (TPSA) is 34.4 Å². The standard InChI is InChI=1S/C19H32N2OS/c1-9-10-11-13-12-21(17(2,3)4)23-16(13)20-15(22)14-18(5,6)19(14,7)8/h12,14H,9-11H2,1-8H3. The van der Waals surface area contributed by atoms with Crippen LogP contribution in [-0.2, 0) is 16.8 Å². The van der Waals surface area contributed by atoms with Crippen LogP contribution in [0.3, 0.4) is 0 Å². The molecule has 1 aromatic rings. The summed E-state index contributed by atoms with van der Waals surface area (Å²) in [4.78, 5) is 17.3. The molecule has 0 unspecified atom stereocenters. The predicted octanol–water partition coefficient (Wildman–Crippen LogP) is 4.76. The summed E-state index contributed by atoms with van der Waals surface area (Å²) < 4.78 is 3.14. The first-order valence-corrected chi connectivity index (χ1v) is 9.51. The Labute approximate surface area is 145 Å². The first-order chi connectivity index (χ1) is 10.4. The highest BCUT2D eigenvalue weighted by atomic mass is 32.1.